The van der Waals surface area contributed by atoms with E-state index in [0.29, 0.717) is 16.8 Å². The Morgan fingerprint density at radius 3 is 2.88 bits per heavy atom. The van der Waals surface area contributed by atoms with Gasteiger partial charge < -0.3 is 11.1 Å². The molecule has 2 rings (SSSR count). The maximum Gasteiger partial charge on any atom is 0.0841 e. The molecule has 1 heterocycles. The summed E-state index contributed by atoms with van der Waals surface area (Å²) in [5.74, 6) is 0.840. The van der Waals surface area contributed by atoms with Crippen LogP contribution < -0.4 is 11.1 Å². The maximum absolute atomic E-state index is 6.11. The number of rotatable bonds is 2. The van der Waals surface area contributed by atoms with Crippen LogP contribution >= 0.6 is 11.6 Å². The Morgan fingerprint density at radius 2 is 2.12 bits per heavy atom. The summed E-state index contributed by atoms with van der Waals surface area (Å²) >= 11 is 6.11. The van der Waals surface area contributed by atoms with Gasteiger partial charge in [-0.05, 0) is 25.2 Å². The molecule has 0 bridgehead atoms. The minimum Gasteiger partial charge on any atom is -0.396 e. The molecule has 0 amide bonds. The van der Waals surface area contributed by atoms with Crippen molar-refractivity contribution in [1.82, 2.24) is 4.98 Å². The van der Waals surface area contributed by atoms with E-state index in [-0.39, 0.29) is 0 Å². The SMILES string of the molecule is CC1CCCC(Nc2c(N)cncc2Cl)CC1. The van der Waals surface area contributed by atoms with Gasteiger partial charge in [-0.3, -0.25) is 4.98 Å². The number of hydrogen-bond acceptors (Lipinski definition) is 3. The minimum atomic E-state index is 0.488. The lowest BCUT2D eigenvalue weighted by molar-refractivity contribution is 0.502. The first-order valence-electron chi connectivity index (χ1n) is 6.32. The van der Waals surface area contributed by atoms with Crippen LogP contribution in [0.15, 0.2) is 12.4 Å². The molecule has 0 saturated heterocycles. The number of hydrogen-bond donors (Lipinski definition) is 2. The molecule has 0 aromatic carbocycles. The minimum absolute atomic E-state index is 0.488. The molecule has 2 atom stereocenters. The zero-order valence-corrected chi connectivity index (χ0v) is 11.0. The lowest BCUT2D eigenvalue weighted by atomic mass is 10.0. The number of nitrogen functional groups attached to an aromatic ring is 1. The summed E-state index contributed by atoms with van der Waals surface area (Å²) in [6, 6.07) is 0.488. The van der Waals surface area contributed by atoms with Crippen LogP contribution in [0.5, 0.6) is 0 Å². The van der Waals surface area contributed by atoms with Gasteiger partial charge in [-0.25, -0.2) is 0 Å². The van der Waals surface area contributed by atoms with E-state index in [4.69, 9.17) is 17.3 Å². The van der Waals surface area contributed by atoms with Gasteiger partial charge in [0.2, 0.25) is 0 Å². The highest BCUT2D eigenvalue weighted by molar-refractivity contribution is 6.33. The van der Waals surface area contributed by atoms with Crippen molar-refractivity contribution in [3.63, 3.8) is 0 Å². The summed E-state index contributed by atoms with van der Waals surface area (Å²) in [5, 5.41) is 4.09. The van der Waals surface area contributed by atoms with E-state index in [1.54, 1.807) is 12.4 Å². The highest BCUT2D eigenvalue weighted by Crippen LogP contribution is 2.31. The van der Waals surface area contributed by atoms with Crippen LogP contribution in [-0.2, 0) is 0 Å². The number of nitrogens with one attached hydrogen (secondary N) is 1. The van der Waals surface area contributed by atoms with Gasteiger partial charge >= 0.3 is 0 Å². The molecule has 94 valence electrons. The van der Waals surface area contributed by atoms with Crippen molar-refractivity contribution >= 4 is 23.0 Å². The lowest BCUT2D eigenvalue weighted by Crippen LogP contribution is -2.19. The lowest BCUT2D eigenvalue weighted by Gasteiger charge is -2.19. The van der Waals surface area contributed by atoms with Gasteiger partial charge in [0, 0.05) is 12.2 Å². The van der Waals surface area contributed by atoms with Crippen molar-refractivity contribution in [2.24, 2.45) is 5.92 Å². The Hall–Kier alpha value is -0.960. The molecule has 0 spiro atoms. The second-order valence-electron chi connectivity index (χ2n) is 5.04. The summed E-state index contributed by atoms with van der Waals surface area (Å²) < 4.78 is 0. The normalized spacial score (nSPS) is 25.3. The molecule has 0 radical (unpaired) electrons. The van der Waals surface area contributed by atoms with Crippen molar-refractivity contribution < 1.29 is 0 Å². The number of nitrogens with zero attached hydrogens (tertiary/aromatic N) is 1. The average molecular weight is 254 g/mol. The van der Waals surface area contributed by atoms with Gasteiger partial charge in [0.15, 0.2) is 0 Å². The molecule has 17 heavy (non-hydrogen) atoms. The first-order chi connectivity index (χ1) is 8.16. The Balaban J connectivity index is 2.05. The van der Waals surface area contributed by atoms with Crippen molar-refractivity contribution in [3.05, 3.63) is 17.4 Å². The number of halogens is 1. The molecule has 0 aliphatic heterocycles. The predicted octanol–water partition coefficient (Wildman–Crippen LogP) is 3.70. The van der Waals surface area contributed by atoms with Gasteiger partial charge in [-0.2, -0.15) is 0 Å². The zero-order chi connectivity index (χ0) is 12.3. The molecular formula is C13H20ClN3. The Morgan fingerprint density at radius 1 is 1.29 bits per heavy atom. The molecule has 3 N–H and O–H groups in total. The van der Waals surface area contributed by atoms with E-state index in [0.717, 1.165) is 11.6 Å². The zero-order valence-electron chi connectivity index (χ0n) is 10.2. The second-order valence-corrected chi connectivity index (χ2v) is 5.45. The van der Waals surface area contributed by atoms with Crippen molar-refractivity contribution in [2.75, 3.05) is 11.1 Å². The third kappa shape index (κ3) is 3.25. The average Bonchev–Trinajstić information content (AvgIpc) is 2.49. The summed E-state index contributed by atoms with van der Waals surface area (Å²) in [5.41, 5.74) is 7.38. The van der Waals surface area contributed by atoms with Crippen molar-refractivity contribution in [1.29, 1.82) is 0 Å². The van der Waals surface area contributed by atoms with E-state index in [2.05, 4.69) is 17.2 Å². The summed E-state index contributed by atoms with van der Waals surface area (Å²) in [6.45, 7) is 2.33. The van der Waals surface area contributed by atoms with Crippen LogP contribution in [-0.4, -0.2) is 11.0 Å². The van der Waals surface area contributed by atoms with Crippen LogP contribution in [0.4, 0.5) is 11.4 Å². The highest BCUT2D eigenvalue weighted by atomic mass is 35.5. The van der Waals surface area contributed by atoms with Gasteiger partial charge in [-0.15, -0.1) is 0 Å². The molecule has 1 aliphatic carbocycles. The van der Waals surface area contributed by atoms with E-state index in [1.807, 2.05) is 0 Å². The summed E-state index contributed by atoms with van der Waals surface area (Å²) in [6.07, 6.45) is 9.56. The van der Waals surface area contributed by atoms with E-state index < -0.39 is 0 Å². The number of nitrogens with two attached hydrogens (primary N) is 1. The Kier molecular flexibility index (Phi) is 4.11. The molecule has 3 nitrogen and oxygen atoms in total. The largest absolute Gasteiger partial charge is 0.396 e. The fourth-order valence-corrected chi connectivity index (χ4v) is 2.66. The van der Waals surface area contributed by atoms with E-state index in [9.17, 15) is 0 Å². The number of aromatic nitrogens is 1. The van der Waals surface area contributed by atoms with Gasteiger partial charge in [0.1, 0.15) is 0 Å². The molecule has 4 heteroatoms. The van der Waals surface area contributed by atoms with Crippen molar-refractivity contribution in [2.45, 2.75) is 45.1 Å². The Bertz CT molecular complexity index is 361. The van der Waals surface area contributed by atoms with Crippen LogP contribution in [0.25, 0.3) is 0 Å². The molecule has 1 fully saturated rings. The van der Waals surface area contributed by atoms with Gasteiger partial charge in [0.05, 0.1) is 22.6 Å². The quantitative estimate of drug-likeness (QED) is 0.791. The third-order valence-electron chi connectivity index (χ3n) is 3.53. The van der Waals surface area contributed by atoms with Gasteiger partial charge in [-0.1, -0.05) is 31.4 Å². The third-order valence-corrected chi connectivity index (χ3v) is 3.82. The fourth-order valence-electron chi connectivity index (χ4n) is 2.44. The summed E-state index contributed by atoms with van der Waals surface area (Å²) in [7, 11) is 0. The second kappa shape index (κ2) is 5.58. The monoisotopic (exact) mass is 253 g/mol. The maximum atomic E-state index is 6.11. The standard InChI is InChI=1S/C13H20ClN3/c1-9-3-2-4-10(6-5-9)17-13-11(14)7-16-8-12(13)15/h7-10H,2-6,15H2,1H3,(H,16,17). The molecular weight excluding hydrogens is 234 g/mol. The van der Waals surface area contributed by atoms with Gasteiger partial charge in [0.25, 0.3) is 0 Å². The summed E-state index contributed by atoms with van der Waals surface area (Å²) in [4.78, 5) is 3.97. The number of anilines is 2. The van der Waals surface area contributed by atoms with E-state index >= 15 is 0 Å². The molecule has 1 aromatic heterocycles. The molecule has 1 saturated carbocycles. The Labute approximate surface area is 108 Å². The van der Waals surface area contributed by atoms with Crippen LogP contribution in [0.1, 0.15) is 39.0 Å². The fraction of sp³-hybridized carbons (Fsp3) is 0.615. The topological polar surface area (TPSA) is 50.9 Å². The first-order valence-corrected chi connectivity index (χ1v) is 6.70. The first kappa shape index (κ1) is 12.5. The van der Waals surface area contributed by atoms with Crippen LogP contribution in [0.2, 0.25) is 5.02 Å². The number of pyridine rings is 1. The smallest absolute Gasteiger partial charge is 0.0841 e. The highest BCUT2D eigenvalue weighted by Gasteiger charge is 2.17. The molecule has 1 aliphatic rings. The molecule has 1 aromatic rings. The van der Waals surface area contributed by atoms with Crippen LogP contribution in [0.3, 0.4) is 0 Å². The predicted molar refractivity (Wildman–Crippen MR) is 73.3 cm³/mol. The molecule has 2 unspecified atom stereocenters. The van der Waals surface area contributed by atoms with E-state index in [1.165, 1.54) is 32.1 Å². The van der Waals surface area contributed by atoms with Crippen molar-refractivity contribution in [3.8, 4) is 0 Å². The van der Waals surface area contributed by atoms with Crippen LogP contribution in [0, 0.1) is 5.92 Å².